The molecule has 0 fully saturated rings. The average molecular weight is 646 g/mol. The zero-order chi connectivity index (χ0) is 32.4. The molecule has 0 saturated heterocycles. The molecule has 0 radical (unpaired) electrons. The number of carbonyl (C=O) groups excluding carboxylic acids is 2. The van der Waals surface area contributed by atoms with Gasteiger partial charge >= 0.3 is 0 Å². The molecule has 4 aromatic rings. The molecule has 0 aliphatic heterocycles. The van der Waals surface area contributed by atoms with Gasteiger partial charge in [0, 0.05) is 24.5 Å². The lowest BCUT2D eigenvalue weighted by molar-refractivity contribution is -0.140. The van der Waals surface area contributed by atoms with E-state index in [-0.39, 0.29) is 23.8 Å². The highest BCUT2D eigenvalue weighted by atomic mass is 35.5. The minimum Gasteiger partial charge on any atom is -0.354 e. The Morgan fingerprint density at radius 1 is 0.844 bits per heavy atom. The van der Waals surface area contributed by atoms with Crippen LogP contribution in [0.3, 0.4) is 0 Å². The van der Waals surface area contributed by atoms with Crippen LogP contribution in [0.2, 0.25) is 5.02 Å². The first-order valence-electron chi connectivity index (χ1n) is 15.1. The number of hydrogen-bond acceptors (Lipinski definition) is 4. The SMILES string of the molecule is CCCCNC(=O)[C@H](Cc1ccccc1)N(Cc1ccccc1Cl)C(=O)CN(c1cccc(C)c1)S(=O)(=O)c1ccc(C)cc1. The molecule has 0 aliphatic rings. The summed E-state index contributed by atoms with van der Waals surface area (Å²) in [6, 6.07) is 29.3. The third kappa shape index (κ3) is 8.96. The van der Waals surface area contributed by atoms with Crippen LogP contribution < -0.4 is 9.62 Å². The molecule has 0 heterocycles. The van der Waals surface area contributed by atoms with Crippen molar-refractivity contribution in [3.63, 3.8) is 0 Å². The van der Waals surface area contributed by atoms with Crippen molar-refractivity contribution < 1.29 is 18.0 Å². The standard InChI is InChI=1S/C36H40ClN3O4S/c1-4-5-22-38-36(42)34(24-29-13-7-6-8-14-29)39(25-30-15-9-10-17-33(30)37)35(41)26-40(31-16-11-12-28(3)23-31)45(43,44)32-20-18-27(2)19-21-32/h6-21,23,34H,4-5,22,24-26H2,1-3H3,(H,38,42)/t34-/m0/s1. The van der Waals surface area contributed by atoms with Crippen molar-refractivity contribution in [3.8, 4) is 0 Å². The normalized spacial score (nSPS) is 11.9. The Kier molecular flexibility index (Phi) is 11.8. The molecular weight excluding hydrogens is 606 g/mol. The summed E-state index contributed by atoms with van der Waals surface area (Å²) in [5.41, 5.74) is 3.63. The number of sulfonamides is 1. The fourth-order valence-electron chi connectivity index (χ4n) is 5.02. The van der Waals surface area contributed by atoms with Gasteiger partial charge in [0.25, 0.3) is 10.0 Å². The van der Waals surface area contributed by atoms with E-state index in [0.29, 0.717) is 22.8 Å². The first-order valence-corrected chi connectivity index (χ1v) is 16.9. The number of amides is 2. The van der Waals surface area contributed by atoms with E-state index in [1.807, 2.05) is 63.2 Å². The molecule has 0 saturated carbocycles. The Morgan fingerprint density at radius 3 is 2.20 bits per heavy atom. The molecule has 0 spiro atoms. The fraction of sp³-hybridized carbons (Fsp3) is 0.278. The summed E-state index contributed by atoms with van der Waals surface area (Å²) in [6.07, 6.45) is 1.93. The molecule has 236 valence electrons. The van der Waals surface area contributed by atoms with Gasteiger partial charge in [-0.1, -0.05) is 103 Å². The number of benzene rings is 4. The third-order valence-corrected chi connectivity index (χ3v) is 9.73. The van der Waals surface area contributed by atoms with E-state index in [2.05, 4.69) is 5.32 Å². The maximum Gasteiger partial charge on any atom is 0.264 e. The number of halogens is 1. The summed E-state index contributed by atoms with van der Waals surface area (Å²) in [7, 11) is -4.16. The summed E-state index contributed by atoms with van der Waals surface area (Å²) in [5.74, 6) is -0.838. The minimum absolute atomic E-state index is 0.0173. The van der Waals surface area contributed by atoms with E-state index in [1.165, 1.54) is 4.90 Å². The molecule has 2 amide bonds. The number of anilines is 1. The second-order valence-electron chi connectivity index (χ2n) is 11.1. The molecule has 1 atom stereocenters. The quantitative estimate of drug-likeness (QED) is 0.155. The van der Waals surface area contributed by atoms with E-state index in [0.717, 1.165) is 33.8 Å². The Balaban J connectivity index is 1.80. The number of unbranched alkanes of at least 4 members (excludes halogenated alkanes) is 1. The molecular formula is C36H40ClN3O4S. The lowest BCUT2D eigenvalue weighted by atomic mass is 10.0. The number of carbonyl (C=O) groups is 2. The highest BCUT2D eigenvalue weighted by Crippen LogP contribution is 2.27. The smallest absolute Gasteiger partial charge is 0.264 e. The van der Waals surface area contributed by atoms with Gasteiger partial charge in [0.1, 0.15) is 12.6 Å². The Hall–Kier alpha value is -4.14. The monoisotopic (exact) mass is 645 g/mol. The highest BCUT2D eigenvalue weighted by Gasteiger charge is 2.34. The largest absolute Gasteiger partial charge is 0.354 e. The molecule has 4 rings (SSSR count). The predicted molar refractivity (Wildman–Crippen MR) is 181 cm³/mol. The summed E-state index contributed by atoms with van der Waals surface area (Å²) >= 11 is 6.56. The Morgan fingerprint density at radius 2 is 1.53 bits per heavy atom. The van der Waals surface area contributed by atoms with Crippen molar-refractivity contribution >= 4 is 39.1 Å². The molecule has 0 aliphatic carbocycles. The van der Waals surface area contributed by atoms with E-state index < -0.39 is 28.5 Å². The van der Waals surface area contributed by atoms with Crippen LogP contribution in [-0.4, -0.2) is 44.3 Å². The van der Waals surface area contributed by atoms with Crippen LogP contribution >= 0.6 is 11.6 Å². The fourth-order valence-corrected chi connectivity index (χ4v) is 6.62. The van der Waals surface area contributed by atoms with E-state index >= 15 is 0 Å². The Bertz CT molecular complexity index is 1700. The van der Waals surface area contributed by atoms with Gasteiger partial charge in [0.2, 0.25) is 11.8 Å². The zero-order valence-corrected chi connectivity index (χ0v) is 27.5. The van der Waals surface area contributed by atoms with Crippen molar-refractivity contribution in [2.75, 3.05) is 17.4 Å². The van der Waals surface area contributed by atoms with Crippen LogP contribution in [0.15, 0.2) is 108 Å². The van der Waals surface area contributed by atoms with Gasteiger partial charge in [0.05, 0.1) is 10.6 Å². The lowest BCUT2D eigenvalue weighted by Crippen LogP contribution is -2.53. The van der Waals surface area contributed by atoms with Crippen molar-refractivity contribution in [3.05, 3.63) is 130 Å². The Labute approximate surface area is 271 Å². The van der Waals surface area contributed by atoms with E-state index in [9.17, 15) is 18.0 Å². The van der Waals surface area contributed by atoms with Crippen LogP contribution in [0.25, 0.3) is 0 Å². The topological polar surface area (TPSA) is 86.8 Å². The van der Waals surface area contributed by atoms with Gasteiger partial charge in [-0.2, -0.15) is 0 Å². The van der Waals surface area contributed by atoms with Crippen LogP contribution in [-0.2, 0) is 32.6 Å². The number of hydrogen-bond donors (Lipinski definition) is 1. The molecule has 0 bridgehead atoms. The number of nitrogens with one attached hydrogen (secondary N) is 1. The van der Waals surface area contributed by atoms with Crippen molar-refractivity contribution in [1.82, 2.24) is 10.2 Å². The van der Waals surface area contributed by atoms with Crippen molar-refractivity contribution in [2.45, 2.75) is 57.5 Å². The minimum atomic E-state index is -4.16. The summed E-state index contributed by atoms with van der Waals surface area (Å²) in [6.45, 7) is 5.74. The molecule has 0 unspecified atom stereocenters. The molecule has 0 aromatic heterocycles. The maximum atomic E-state index is 14.5. The van der Waals surface area contributed by atoms with Gasteiger partial charge in [-0.25, -0.2) is 8.42 Å². The molecule has 1 N–H and O–H groups in total. The van der Waals surface area contributed by atoms with Crippen LogP contribution in [0.1, 0.15) is 42.0 Å². The van der Waals surface area contributed by atoms with Gasteiger partial charge in [-0.15, -0.1) is 0 Å². The lowest BCUT2D eigenvalue weighted by Gasteiger charge is -2.34. The predicted octanol–water partition coefficient (Wildman–Crippen LogP) is 6.71. The summed E-state index contributed by atoms with van der Waals surface area (Å²) in [5, 5.41) is 3.44. The zero-order valence-electron chi connectivity index (χ0n) is 25.9. The number of rotatable bonds is 14. The average Bonchev–Trinajstić information content (AvgIpc) is 3.03. The summed E-state index contributed by atoms with van der Waals surface area (Å²) < 4.78 is 29.4. The van der Waals surface area contributed by atoms with Crippen LogP contribution in [0.4, 0.5) is 5.69 Å². The van der Waals surface area contributed by atoms with E-state index in [1.54, 1.807) is 60.7 Å². The van der Waals surface area contributed by atoms with Crippen LogP contribution in [0, 0.1) is 13.8 Å². The van der Waals surface area contributed by atoms with Crippen molar-refractivity contribution in [1.29, 1.82) is 0 Å². The first-order chi connectivity index (χ1) is 21.6. The second kappa shape index (κ2) is 15.7. The van der Waals surface area contributed by atoms with Gasteiger partial charge in [-0.05, 0) is 67.3 Å². The van der Waals surface area contributed by atoms with Crippen LogP contribution in [0.5, 0.6) is 0 Å². The molecule has 9 heteroatoms. The molecule has 7 nitrogen and oxygen atoms in total. The van der Waals surface area contributed by atoms with Gasteiger partial charge in [-0.3, -0.25) is 13.9 Å². The van der Waals surface area contributed by atoms with Gasteiger partial charge in [0.15, 0.2) is 0 Å². The van der Waals surface area contributed by atoms with E-state index in [4.69, 9.17) is 11.6 Å². The first kappa shape index (κ1) is 33.7. The second-order valence-corrected chi connectivity index (χ2v) is 13.4. The molecule has 4 aromatic carbocycles. The third-order valence-electron chi connectivity index (χ3n) is 7.58. The van der Waals surface area contributed by atoms with Crippen molar-refractivity contribution in [2.24, 2.45) is 0 Å². The molecule has 45 heavy (non-hydrogen) atoms. The number of nitrogens with zero attached hydrogens (tertiary/aromatic N) is 2. The highest BCUT2D eigenvalue weighted by molar-refractivity contribution is 7.92. The maximum absolute atomic E-state index is 14.5. The van der Waals surface area contributed by atoms with Gasteiger partial charge < -0.3 is 10.2 Å². The summed E-state index contributed by atoms with van der Waals surface area (Å²) in [4.78, 5) is 29.9. The number of aryl methyl sites for hydroxylation is 2.